The number of nitrogens with one attached hydrogen (secondary N) is 1. The molecule has 1 aliphatic carbocycles. The fourth-order valence-corrected chi connectivity index (χ4v) is 2.07. The summed E-state index contributed by atoms with van der Waals surface area (Å²) in [7, 11) is 0. The molecule has 0 aliphatic heterocycles. The van der Waals surface area contributed by atoms with Crippen molar-refractivity contribution in [3.63, 3.8) is 0 Å². The second-order valence-electron chi connectivity index (χ2n) is 3.77. The number of aromatic nitrogens is 2. The molecule has 1 aliphatic rings. The van der Waals surface area contributed by atoms with Crippen molar-refractivity contribution in [1.29, 1.82) is 0 Å². The average molecular weight is 258 g/mol. The summed E-state index contributed by atoms with van der Waals surface area (Å²) in [4.78, 5) is 7.82. The molecule has 0 fully saturated rings. The Hall–Kier alpha value is -0.800. The average Bonchev–Trinajstić information content (AvgIpc) is 2.76. The Morgan fingerprint density at radius 1 is 1.38 bits per heavy atom. The molecule has 16 heavy (non-hydrogen) atoms. The van der Waals surface area contributed by atoms with E-state index in [1.54, 1.807) is 0 Å². The van der Waals surface area contributed by atoms with Gasteiger partial charge in [0.15, 0.2) is 0 Å². The third kappa shape index (κ3) is 3.09. The fraction of sp³-hybridized carbons (Fsp3) is 0.455. The third-order valence-corrected chi connectivity index (χ3v) is 3.05. The molecule has 0 unspecified atom stereocenters. The SMILES string of the molecule is Clc1ncc(Cl)c(NCCC2=CCCC2)n1. The van der Waals surface area contributed by atoms with E-state index in [1.807, 2.05) is 0 Å². The molecule has 0 aromatic carbocycles. The lowest BCUT2D eigenvalue weighted by Gasteiger charge is -2.07. The molecule has 3 nitrogen and oxygen atoms in total. The largest absolute Gasteiger partial charge is 0.368 e. The van der Waals surface area contributed by atoms with Crippen molar-refractivity contribution in [1.82, 2.24) is 9.97 Å². The van der Waals surface area contributed by atoms with Crippen LogP contribution < -0.4 is 5.32 Å². The topological polar surface area (TPSA) is 37.8 Å². The number of halogens is 2. The van der Waals surface area contributed by atoms with Crippen molar-refractivity contribution >= 4 is 29.0 Å². The minimum atomic E-state index is 0.215. The molecule has 1 aromatic heterocycles. The summed E-state index contributed by atoms with van der Waals surface area (Å²) in [5.74, 6) is 0.611. The van der Waals surface area contributed by atoms with E-state index in [1.165, 1.54) is 31.0 Å². The number of hydrogen-bond acceptors (Lipinski definition) is 3. The summed E-state index contributed by atoms with van der Waals surface area (Å²) in [6, 6.07) is 0. The minimum Gasteiger partial charge on any atom is -0.368 e. The molecule has 1 N–H and O–H groups in total. The molecule has 0 atom stereocenters. The van der Waals surface area contributed by atoms with Crippen LogP contribution in [0.25, 0.3) is 0 Å². The van der Waals surface area contributed by atoms with E-state index in [0.717, 1.165) is 13.0 Å². The Bertz CT molecular complexity index is 404. The van der Waals surface area contributed by atoms with Crippen LogP contribution in [0.4, 0.5) is 5.82 Å². The van der Waals surface area contributed by atoms with E-state index in [2.05, 4.69) is 21.4 Å². The highest BCUT2D eigenvalue weighted by Crippen LogP contribution is 2.22. The number of hydrogen-bond donors (Lipinski definition) is 1. The molecule has 0 radical (unpaired) electrons. The Balaban J connectivity index is 1.86. The predicted molar refractivity (Wildman–Crippen MR) is 67.1 cm³/mol. The second-order valence-corrected chi connectivity index (χ2v) is 4.51. The molecule has 0 saturated heterocycles. The highest BCUT2D eigenvalue weighted by molar-refractivity contribution is 6.33. The summed E-state index contributed by atoms with van der Waals surface area (Å²) in [5, 5.41) is 3.89. The van der Waals surface area contributed by atoms with E-state index in [4.69, 9.17) is 23.2 Å². The highest BCUT2D eigenvalue weighted by atomic mass is 35.5. The lowest BCUT2D eigenvalue weighted by Crippen LogP contribution is -2.05. The molecule has 0 saturated carbocycles. The first kappa shape index (κ1) is 11.7. The first-order valence-corrected chi connectivity index (χ1v) is 6.11. The molecule has 0 amide bonds. The quantitative estimate of drug-likeness (QED) is 0.661. The van der Waals surface area contributed by atoms with Crippen LogP contribution in [-0.2, 0) is 0 Å². The number of nitrogens with zero attached hydrogens (tertiary/aromatic N) is 2. The molecular weight excluding hydrogens is 245 g/mol. The summed E-state index contributed by atoms with van der Waals surface area (Å²) in [5.41, 5.74) is 1.52. The van der Waals surface area contributed by atoms with Crippen LogP contribution in [0.2, 0.25) is 10.3 Å². The molecule has 2 rings (SSSR count). The zero-order valence-corrected chi connectivity index (χ0v) is 10.4. The number of anilines is 1. The normalized spacial score (nSPS) is 15.0. The molecule has 5 heteroatoms. The Morgan fingerprint density at radius 2 is 2.25 bits per heavy atom. The van der Waals surface area contributed by atoms with Gasteiger partial charge in [0.05, 0.1) is 6.20 Å². The van der Waals surface area contributed by atoms with Crippen molar-refractivity contribution in [2.24, 2.45) is 0 Å². The summed E-state index contributed by atoms with van der Waals surface area (Å²) < 4.78 is 0. The van der Waals surface area contributed by atoms with E-state index in [-0.39, 0.29) is 5.28 Å². The summed E-state index contributed by atoms with van der Waals surface area (Å²) in [6.45, 7) is 0.832. The van der Waals surface area contributed by atoms with Crippen LogP contribution in [0.15, 0.2) is 17.8 Å². The van der Waals surface area contributed by atoms with E-state index in [9.17, 15) is 0 Å². The van der Waals surface area contributed by atoms with Crippen molar-refractivity contribution < 1.29 is 0 Å². The van der Waals surface area contributed by atoms with Gasteiger partial charge in [-0.2, -0.15) is 4.98 Å². The Labute approximate surface area is 105 Å². The monoisotopic (exact) mass is 257 g/mol. The van der Waals surface area contributed by atoms with Crippen LogP contribution in [0.1, 0.15) is 25.7 Å². The third-order valence-electron chi connectivity index (χ3n) is 2.59. The van der Waals surface area contributed by atoms with E-state index >= 15 is 0 Å². The maximum Gasteiger partial charge on any atom is 0.224 e. The minimum absolute atomic E-state index is 0.215. The van der Waals surface area contributed by atoms with Gasteiger partial charge >= 0.3 is 0 Å². The highest BCUT2D eigenvalue weighted by Gasteiger charge is 2.06. The molecular formula is C11H13Cl2N3. The van der Waals surface area contributed by atoms with Crippen molar-refractivity contribution in [2.45, 2.75) is 25.7 Å². The summed E-state index contributed by atoms with van der Waals surface area (Å²) >= 11 is 11.6. The zero-order valence-electron chi connectivity index (χ0n) is 8.84. The number of allylic oxidation sites excluding steroid dienone is 1. The van der Waals surface area contributed by atoms with Crippen molar-refractivity contribution in [3.8, 4) is 0 Å². The van der Waals surface area contributed by atoms with Gasteiger partial charge in [-0.1, -0.05) is 23.3 Å². The molecule has 0 spiro atoms. The van der Waals surface area contributed by atoms with Crippen LogP contribution in [-0.4, -0.2) is 16.5 Å². The van der Waals surface area contributed by atoms with Crippen LogP contribution >= 0.6 is 23.2 Å². The predicted octanol–water partition coefficient (Wildman–Crippen LogP) is 3.70. The lowest BCUT2D eigenvalue weighted by atomic mass is 10.2. The van der Waals surface area contributed by atoms with Gasteiger partial charge in [0, 0.05) is 6.54 Å². The second kappa shape index (κ2) is 5.51. The van der Waals surface area contributed by atoms with Crippen LogP contribution in [0.3, 0.4) is 0 Å². The lowest BCUT2D eigenvalue weighted by molar-refractivity contribution is 0.861. The molecule has 1 heterocycles. The smallest absolute Gasteiger partial charge is 0.224 e. The van der Waals surface area contributed by atoms with Crippen LogP contribution in [0, 0.1) is 0 Å². The van der Waals surface area contributed by atoms with Gasteiger partial charge in [-0.05, 0) is 37.3 Å². The maximum absolute atomic E-state index is 5.93. The number of rotatable bonds is 4. The van der Waals surface area contributed by atoms with Gasteiger partial charge < -0.3 is 5.32 Å². The molecule has 1 aromatic rings. The van der Waals surface area contributed by atoms with Crippen molar-refractivity contribution in [2.75, 3.05) is 11.9 Å². The standard InChI is InChI=1S/C11H13Cl2N3/c12-9-7-15-11(13)16-10(9)14-6-5-8-3-1-2-4-8/h3,7H,1-2,4-6H2,(H,14,15,16). The van der Waals surface area contributed by atoms with Gasteiger partial charge in [0.1, 0.15) is 10.8 Å². The van der Waals surface area contributed by atoms with E-state index < -0.39 is 0 Å². The van der Waals surface area contributed by atoms with Crippen molar-refractivity contribution in [3.05, 3.63) is 28.2 Å². The summed E-state index contributed by atoms with van der Waals surface area (Å²) in [6.07, 6.45) is 8.59. The van der Waals surface area contributed by atoms with Gasteiger partial charge in [0.25, 0.3) is 0 Å². The van der Waals surface area contributed by atoms with Crippen LogP contribution in [0.5, 0.6) is 0 Å². The molecule has 0 bridgehead atoms. The maximum atomic E-state index is 5.93. The zero-order chi connectivity index (χ0) is 11.4. The Morgan fingerprint density at radius 3 is 3.00 bits per heavy atom. The van der Waals surface area contributed by atoms with Gasteiger partial charge in [-0.25, -0.2) is 4.98 Å². The van der Waals surface area contributed by atoms with Gasteiger partial charge in [0.2, 0.25) is 5.28 Å². The van der Waals surface area contributed by atoms with E-state index in [0.29, 0.717) is 10.8 Å². The first-order valence-electron chi connectivity index (χ1n) is 5.35. The molecule has 86 valence electrons. The van der Waals surface area contributed by atoms with Gasteiger partial charge in [-0.3, -0.25) is 0 Å². The van der Waals surface area contributed by atoms with Gasteiger partial charge in [-0.15, -0.1) is 0 Å². The first-order chi connectivity index (χ1) is 7.75. The fourth-order valence-electron chi connectivity index (χ4n) is 1.78. The Kier molecular flexibility index (Phi) is 4.02.